The van der Waals surface area contributed by atoms with Crippen LogP contribution in [0.1, 0.15) is 6.92 Å². The maximum atomic E-state index is 12.0. The minimum Gasteiger partial charge on any atom is -0.744 e. The Hall–Kier alpha value is 0.450. The van der Waals surface area contributed by atoms with Gasteiger partial charge in [0.15, 0.2) is 0 Å². The van der Waals surface area contributed by atoms with Gasteiger partial charge in [-0.15, -0.1) is 0 Å². The van der Waals surface area contributed by atoms with E-state index in [0.29, 0.717) is 12.1 Å². The second kappa shape index (κ2) is 11.1. The topological polar surface area (TPSA) is 181 Å². The number of benzene rings is 4. The Morgan fingerprint density at radius 1 is 0.647 bits per heavy atom. The summed E-state index contributed by atoms with van der Waals surface area (Å²) in [5.41, 5.74) is 0. The summed E-state index contributed by atoms with van der Waals surface area (Å²) in [6.45, 7) is 1.89. The average Bonchev–Trinajstić information content (AvgIpc) is 2.62. The van der Waals surface area contributed by atoms with E-state index in [2.05, 4.69) is 0 Å². The molecule has 0 N–H and O–H groups in total. The smallest absolute Gasteiger partial charge is 0.744 e. The van der Waals surface area contributed by atoms with E-state index >= 15 is 0 Å². The van der Waals surface area contributed by atoms with Crippen molar-refractivity contribution in [1.82, 2.24) is 0 Å². The van der Waals surface area contributed by atoms with Crippen LogP contribution in [0.4, 0.5) is 0 Å². The summed E-state index contributed by atoms with van der Waals surface area (Å²) in [6, 6.07) is 6.40. The van der Waals surface area contributed by atoms with Crippen LogP contribution in [0.15, 0.2) is 51.1 Å². The van der Waals surface area contributed by atoms with Crippen LogP contribution >= 0.6 is 0 Å². The molecule has 0 spiro atoms. The molecule has 4 aromatic carbocycles. The van der Waals surface area contributed by atoms with E-state index in [9.17, 15) is 38.9 Å². The van der Waals surface area contributed by atoms with Gasteiger partial charge in [0.05, 0.1) is 21.3 Å². The molecule has 0 bridgehead atoms. The van der Waals surface area contributed by atoms with Crippen LogP contribution in [0.5, 0.6) is 5.75 Å². The predicted octanol–water partition coefficient (Wildman–Crippen LogP) is -7.29. The first-order valence-electron chi connectivity index (χ1n) is 8.53. The largest absolute Gasteiger partial charge is 1.00 e. The molecule has 0 amide bonds. The van der Waals surface area contributed by atoms with Gasteiger partial charge in [-0.1, -0.05) is 12.1 Å². The molecule has 0 fully saturated rings. The Kier molecular flexibility index (Phi) is 10.6. The molecule has 0 radical (unpaired) electrons. The summed E-state index contributed by atoms with van der Waals surface area (Å²) in [7, 11) is -15.8. The maximum Gasteiger partial charge on any atom is 1.00 e. The van der Waals surface area contributed by atoms with Crippen LogP contribution in [0.3, 0.4) is 0 Å². The van der Waals surface area contributed by atoms with Crippen molar-refractivity contribution >= 4 is 62.7 Å². The van der Waals surface area contributed by atoms with Gasteiger partial charge in [0.2, 0.25) is 0 Å². The van der Waals surface area contributed by atoms with E-state index in [1.54, 1.807) is 6.92 Å². The van der Waals surface area contributed by atoms with E-state index in [1.807, 2.05) is 0 Å². The van der Waals surface area contributed by atoms with Gasteiger partial charge in [-0.3, -0.25) is 0 Å². The fourth-order valence-electron chi connectivity index (χ4n) is 3.74. The summed E-state index contributed by atoms with van der Waals surface area (Å²) in [6.07, 6.45) is 0. The third-order valence-electron chi connectivity index (χ3n) is 4.81. The third-order valence-corrected chi connectivity index (χ3v) is 7.44. The van der Waals surface area contributed by atoms with Gasteiger partial charge in [0, 0.05) is 16.2 Å². The first-order chi connectivity index (χ1) is 14.2. The van der Waals surface area contributed by atoms with Crippen molar-refractivity contribution in [2.75, 3.05) is 6.61 Å². The van der Waals surface area contributed by atoms with Crippen molar-refractivity contribution in [3.05, 3.63) is 36.4 Å². The molecule has 16 heteroatoms. The Morgan fingerprint density at radius 2 is 1.12 bits per heavy atom. The van der Waals surface area contributed by atoms with Gasteiger partial charge in [-0.2, -0.15) is 0 Å². The summed E-state index contributed by atoms with van der Waals surface area (Å²) < 4.78 is 112. The van der Waals surface area contributed by atoms with E-state index in [4.69, 9.17) is 4.74 Å². The molecule has 34 heavy (non-hydrogen) atoms. The van der Waals surface area contributed by atoms with Crippen LogP contribution < -0.4 is 93.4 Å². The third kappa shape index (κ3) is 5.79. The first kappa shape index (κ1) is 32.5. The Labute approximate surface area is 261 Å². The number of ether oxygens (including phenoxy) is 1. The molecule has 0 aromatic heterocycles. The Balaban J connectivity index is 0.00000193. The molecule has 4 aromatic rings. The first-order valence-corrected chi connectivity index (χ1v) is 12.8. The molecule has 4 rings (SSSR count). The van der Waals surface area contributed by atoms with Gasteiger partial charge in [0.1, 0.15) is 36.1 Å². The van der Waals surface area contributed by atoms with Gasteiger partial charge in [0.25, 0.3) is 0 Å². The average molecular weight is 552 g/mol. The van der Waals surface area contributed by atoms with Crippen molar-refractivity contribution < 1.29 is 132 Å². The second-order valence-electron chi connectivity index (χ2n) is 6.65. The summed E-state index contributed by atoms with van der Waals surface area (Å²) in [4.78, 5) is -2.89. The van der Waals surface area contributed by atoms with Crippen LogP contribution in [0, 0.1) is 0 Å². The Bertz CT molecular complexity index is 1720. The molecular formula is C18H11Na3O10S3. The predicted molar refractivity (Wildman–Crippen MR) is 105 cm³/mol. The van der Waals surface area contributed by atoms with E-state index in [1.165, 1.54) is 24.3 Å². The monoisotopic (exact) mass is 552 g/mol. The molecule has 10 nitrogen and oxygen atoms in total. The number of hydrogen-bond donors (Lipinski definition) is 0. The standard InChI is InChI=1S/C18H14O10S3.3Na/c1-2-28-10-5-9-3-4-11-15(30(22,23)24)8-16(31(25,26)27)13-7-14(29(19,20)21)12(6-10)17(9)18(11)13;;;/h3-8H,2H2,1H3,(H,19,20,21)(H,22,23,24)(H,25,26,27);;;/q;3*+1/p-3. The van der Waals surface area contributed by atoms with Crippen LogP contribution in [0.25, 0.3) is 32.3 Å². The SMILES string of the molecule is CCOc1cc2ccc3c(S(=O)(=O)[O-])cc(S(=O)(=O)[O-])c4cc(S(=O)(=O)[O-])c(c1)c2c34.[Na+].[Na+].[Na+]. The molecule has 0 heterocycles. The minimum absolute atomic E-state index is 0. The fourth-order valence-corrected chi connectivity index (χ4v) is 5.90. The number of hydrogen-bond acceptors (Lipinski definition) is 10. The quantitative estimate of drug-likeness (QED) is 0.131. The van der Waals surface area contributed by atoms with Crippen molar-refractivity contribution in [3.63, 3.8) is 0 Å². The molecule has 164 valence electrons. The number of rotatable bonds is 5. The zero-order valence-electron chi connectivity index (χ0n) is 18.5. The second-order valence-corrected chi connectivity index (χ2v) is 10.7. The molecular weight excluding hydrogens is 541 g/mol. The maximum absolute atomic E-state index is 12.0. The van der Waals surface area contributed by atoms with Gasteiger partial charge >= 0.3 is 88.7 Å². The molecule has 0 aliphatic rings. The van der Waals surface area contributed by atoms with Crippen molar-refractivity contribution in [2.45, 2.75) is 21.6 Å². The zero-order valence-corrected chi connectivity index (χ0v) is 26.9. The van der Waals surface area contributed by atoms with Crippen molar-refractivity contribution in [3.8, 4) is 5.75 Å². The van der Waals surface area contributed by atoms with Crippen LogP contribution in [-0.4, -0.2) is 45.5 Å². The van der Waals surface area contributed by atoms with Crippen LogP contribution in [-0.2, 0) is 30.4 Å². The normalized spacial score (nSPS) is 12.2. The van der Waals surface area contributed by atoms with Crippen molar-refractivity contribution in [1.29, 1.82) is 0 Å². The molecule has 0 unspecified atom stereocenters. The molecule has 0 saturated carbocycles. The molecule has 0 saturated heterocycles. The zero-order chi connectivity index (χ0) is 22.9. The summed E-state index contributed by atoms with van der Waals surface area (Å²) >= 11 is 0. The summed E-state index contributed by atoms with van der Waals surface area (Å²) in [5.74, 6) is 0.201. The van der Waals surface area contributed by atoms with Gasteiger partial charge < -0.3 is 18.4 Å². The fraction of sp³-hybridized carbons (Fsp3) is 0.111. The van der Waals surface area contributed by atoms with Crippen molar-refractivity contribution in [2.24, 2.45) is 0 Å². The van der Waals surface area contributed by atoms with E-state index in [-0.39, 0.29) is 128 Å². The molecule has 0 aliphatic heterocycles. The molecule has 0 atom stereocenters. The van der Waals surface area contributed by atoms with E-state index < -0.39 is 50.4 Å². The van der Waals surface area contributed by atoms with Gasteiger partial charge in [-0.25, -0.2) is 25.3 Å². The van der Waals surface area contributed by atoms with Gasteiger partial charge in [-0.05, 0) is 47.3 Å². The van der Waals surface area contributed by atoms with Crippen LogP contribution in [0.2, 0.25) is 0 Å². The minimum atomic E-state index is -5.36. The Morgan fingerprint density at radius 3 is 1.62 bits per heavy atom. The molecule has 0 aliphatic carbocycles. The summed E-state index contributed by atoms with van der Waals surface area (Å²) in [5, 5.41) is -0.719. The van der Waals surface area contributed by atoms with E-state index in [0.717, 1.165) is 0 Å².